The number of hydrogen-bond donors (Lipinski definition) is 1. The van der Waals surface area contributed by atoms with Gasteiger partial charge in [0.15, 0.2) is 34.4 Å². The predicted molar refractivity (Wildman–Crippen MR) is 118 cm³/mol. The maximum absolute atomic E-state index is 6.38. The van der Waals surface area contributed by atoms with Crippen molar-refractivity contribution in [2.24, 2.45) is 11.8 Å². The summed E-state index contributed by atoms with van der Waals surface area (Å²) < 4.78 is 20.5. The van der Waals surface area contributed by atoms with Crippen molar-refractivity contribution in [2.45, 2.75) is 70.5 Å². The van der Waals surface area contributed by atoms with Gasteiger partial charge in [0, 0.05) is 6.42 Å². The van der Waals surface area contributed by atoms with E-state index in [0.29, 0.717) is 46.2 Å². The number of aromatic nitrogens is 4. The van der Waals surface area contributed by atoms with Crippen LogP contribution in [0, 0.1) is 23.7 Å². The number of unbranched alkanes of at least 4 members (excludes halogenated alkanes) is 2. The van der Waals surface area contributed by atoms with E-state index in [1.165, 1.54) is 0 Å². The molecule has 4 heterocycles. The van der Waals surface area contributed by atoms with Gasteiger partial charge in [0.1, 0.15) is 6.10 Å². The Hall–Kier alpha value is -2.89. The van der Waals surface area contributed by atoms with Crippen molar-refractivity contribution in [3.8, 4) is 23.4 Å². The topological polar surface area (TPSA) is 101 Å². The van der Waals surface area contributed by atoms with Crippen LogP contribution in [0.25, 0.3) is 22.7 Å². The van der Waals surface area contributed by atoms with Gasteiger partial charge >= 0.3 is 0 Å². The molecule has 3 fully saturated rings. The van der Waals surface area contributed by atoms with Crippen molar-refractivity contribution >= 4 is 17.0 Å². The van der Waals surface area contributed by atoms with Gasteiger partial charge in [0.25, 0.3) is 0 Å². The van der Waals surface area contributed by atoms with Gasteiger partial charge in [-0.05, 0) is 56.6 Å². The highest BCUT2D eigenvalue weighted by Crippen LogP contribution is 2.63. The number of nitrogen functional groups attached to an aromatic ring is 1. The summed E-state index contributed by atoms with van der Waals surface area (Å²) in [5.74, 6) is 8.67. The van der Waals surface area contributed by atoms with Gasteiger partial charge in [0.05, 0.1) is 18.4 Å². The summed E-state index contributed by atoms with van der Waals surface area (Å²) in [6.45, 7) is 6.10. The number of ether oxygens (including phenoxy) is 2. The fraction of sp³-hybridized carbons (Fsp3) is 0.542. The minimum Gasteiger partial charge on any atom is -0.461 e. The van der Waals surface area contributed by atoms with E-state index < -0.39 is 5.79 Å². The van der Waals surface area contributed by atoms with E-state index in [9.17, 15) is 0 Å². The third-order valence-electron chi connectivity index (χ3n) is 6.71. The fourth-order valence-electron chi connectivity index (χ4n) is 5.32. The van der Waals surface area contributed by atoms with Gasteiger partial charge in [-0.25, -0.2) is 15.0 Å². The zero-order valence-electron chi connectivity index (χ0n) is 18.5. The summed E-state index contributed by atoms with van der Waals surface area (Å²) in [6, 6.07) is 3.79. The number of rotatable bonds is 4. The third-order valence-corrected chi connectivity index (χ3v) is 6.71. The number of furan rings is 1. The molecule has 1 aliphatic heterocycles. The van der Waals surface area contributed by atoms with Gasteiger partial charge in [-0.2, -0.15) is 0 Å². The molecular weight excluding hydrogens is 406 g/mol. The number of anilines is 1. The molecule has 8 nitrogen and oxygen atoms in total. The first-order chi connectivity index (χ1) is 15.5. The van der Waals surface area contributed by atoms with Crippen LogP contribution in [0.4, 0.5) is 5.82 Å². The van der Waals surface area contributed by atoms with E-state index in [0.717, 1.165) is 25.7 Å². The van der Waals surface area contributed by atoms with Gasteiger partial charge in [-0.3, -0.25) is 4.57 Å². The summed E-state index contributed by atoms with van der Waals surface area (Å²) in [5.41, 5.74) is 7.57. The largest absolute Gasteiger partial charge is 0.461 e. The molecule has 0 radical (unpaired) electrons. The second kappa shape index (κ2) is 7.06. The molecule has 166 valence electrons. The van der Waals surface area contributed by atoms with Crippen molar-refractivity contribution in [3.05, 3.63) is 24.2 Å². The molecular formula is C24H27N5O3. The number of hydrogen-bond acceptors (Lipinski definition) is 7. The van der Waals surface area contributed by atoms with E-state index in [2.05, 4.69) is 28.3 Å². The molecule has 32 heavy (non-hydrogen) atoms. The van der Waals surface area contributed by atoms with Gasteiger partial charge in [0.2, 0.25) is 5.82 Å². The lowest BCUT2D eigenvalue weighted by atomic mass is 10.1. The van der Waals surface area contributed by atoms with Crippen LogP contribution in [0.2, 0.25) is 0 Å². The van der Waals surface area contributed by atoms with Crippen LogP contribution >= 0.6 is 0 Å². The number of imidazole rings is 1. The lowest BCUT2D eigenvalue weighted by Gasteiger charge is -2.25. The summed E-state index contributed by atoms with van der Waals surface area (Å²) in [7, 11) is 0. The average molecular weight is 434 g/mol. The molecule has 1 saturated heterocycles. The Bertz CT molecular complexity index is 1240. The normalized spacial score (nSPS) is 29.5. The molecule has 0 spiro atoms. The Morgan fingerprint density at radius 2 is 2.03 bits per heavy atom. The van der Waals surface area contributed by atoms with E-state index in [-0.39, 0.29) is 18.2 Å². The van der Waals surface area contributed by atoms with Gasteiger partial charge < -0.3 is 19.6 Å². The summed E-state index contributed by atoms with van der Waals surface area (Å²) in [4.78, 5) is 14.0. The molecule has 0 bridgehead atoms. The highest BCUT2D eigenvalue weighted by molar-refractivity contribution is 5.85. The molecule has 3 aromatic heterocycles. The van der Waals surface area contributed by atoms with Crippen LogP contribution in [0.3, 0.4) is 0 Å². The first-order valence-corrected chi connectivity index (χ1v) is 11.4. The van der Waals surface area contributed by atoms with Gasteiger partial charge in [-0.15, -0.1) is 0 Å². The smallest absolute Gasteiger partial charge is 0.208 e. The van der Waals surface area contributed by atoms with E-state index >= 15 is 0 Å². The van der Waals surface area contributed by atoms with Crippen LogP contribution in [0.15, 0.2) is 22.8 Å². The van der Waals surface area contributed by atoms with E-state index in [1.807, 2.05) is 26.0 Å². The summed E-state index contributed by atoms with van der Waals surface area (Å²) in [5, 5.41) is 0. The van der Waals surface area contributed by atoms with Crippen LogP contribution in [0.1, 0.15) is 58.3 Å². The minimum absolute atomic E-state index is 0.0343. The highest BCUT2D eigenvalue weighted by atomic mass is 16.8. The molecule has 5 unspecified atom stereocenters. The zero-order chi connectivity index (χ0) is 22.0. The number of nitrogens with zero attached hydrogens (tertiary/aromatic N) is 4. The molecule has 3 aliphatic rings. The first kappa shape index (κ1) is 19.8. The maximum Gasteiger partial charge on any atom is 0.208 e. The molecule has 0 aromatic carbocycles. The maximum atomic E-state index is 6.38. The SMILES string of the molecule is CCCCC#Cc1nc(N)c2nc(-c3ccco3)n(C3C4CC4C4OC(C)(C)OC43)c2n1. The Morgan fingerprint density at radius 1 is 1.19 bits per heavy atom. The van der Waals surface area contributed by atoms with E-state index in [4.69, 9.17) is 29.6 Å². The average Bonchev–Trinajstić information content (AvgIpc) is 3.08. The molecule has 2 saturated carbocycles. The Labute approximate surface area is 186 Å². The molecule has 6 rings (SSSR count). The quantitative estimate of drug-likeness (QED) is 0.491. The Morgan fingerprint density at radius 3 is 2.81 bits per heavy atom. The monoisotopic (exact) mass is 433 g/mol. The summed E-state index contributed by atoms with van der Waals surface area (Å²) in [6.07, 6.45) is 5.71. The van der Waals surface area contributed by atoms with Crippen LogP contribution < -0.4 is 5.73 Å². The molecule has 2 N–H and O–H groups in total. The molecule has 5 atom stereocenters. The van der Waals surface area contributed by atoms with Crippen molar-refractivity contribution in [1.82, 2.24) is 19.5 Å². The van der Waals surface area contributed by atoms with Crippen molar-refractivity contribution in [3.63, 3.8) is 0 Å². The van der Waals surface area contributed by atoms with Crippen LogP contribution in [-0.4, -0.2) is 37.5 Å². The number of fused-ring (bicyclic) bond motifs is 4. The van der Waals surface area contributed by atoms with Crippen LogP contribution in [0.5, 0.6) is 0 Å². The first-order valence-electron chi connectivity index (χ1n) is 11.4. The molecule has 2 aliphatic carbocycles. The second-order valence-electron chi connectivity index (χ2n) is 9.41. The van der Waals surface area contributed by atoms with Crippen molar-refractivity contribution < 1.29 is 13.9 Å². The number of nitrogens with two attached hydrogens (primary N) is 1. The lowest BCUT2D eigenvalue weighted by Crippen LogP contribution is -2.30. The Kier molecular flexibility index (Phi) is 4.36. The lowest BCUT2D eigenvalue weighted by molar-refractivity contribution is -0.156. The molecule has 0 amide bonds. The highest BCUT2D eigenvalue weighted by Gasteiger charge is 2.67. The van der Waals surface area contributed by atoms with E-state index in [1.54, 1.807) is 6.26 Å². The predicted octanol–water partition coefficient (Wildman–Crippen LogP) is 3.92. The minimum atomic E-state index is -0.605. The van der Waals surface area contributed by atoms with Gasteiger partial charge in [-0.1, -0.05) is 19.3 Å². The summed E-state index contributed by atoms with van der Waals surface area (Å²) >= 11 is 0. The molecule has 3 aromatic rings. The Balaban J connectivity index is 1.51. The molecule has 8 heteroatoms. The van der Waals surface area contributed by atoms with Crippen molar-refractivity contribution in [2.75, 3.05) is 5.73 Å². The van der Waals surface area contributed by atoms with Crippen LogP contribution in [-0.2, 0) is 9.47 Å². The van der Waals surface area contributed by atoms with Crippen molar-refractivity contribution in [1.29, 1.82) is 0 Å². The second-order valence-corrected chi connectivity index (χ2v) is 9.41. The third kappa shape index (κ3) is 3.03. The fourth-order valence-corrected chi connectivity index (χ4v) is 5.32. The zero-order valence-corrected chi connectivity index (χ0v) is 18.5. The standard InChI is InChI=1S/C24H27N5O3/c1-4-5-6-7-10-16-26-21(25)17-23(27-16)29(22(28-17)15-9-8-11-30-15)18-13-12-14(13)19-20(18)32-24(2,3)31-19/h8-9,11,13-14,18-20H,4-6,12H2,1-3H3,(H2,25,26,27).